The molecule has 0 saturated carbocycles. The fraction of sp³-hybridized carbons (Fsp3) is 0.387. The summed E-state index contributed by atoms with van der Waals surface area (Å²) in [5.41, 5.74) is 5.40. The topological polar surface area (TPSA) is 111 Å². The van der Waals surface area contributed by atoms with Crippen LogP contribution in [0.2, 0.25) is 0 Å². The number of carbonyl (C=O) groups excluding carboxylic acids is 1. The minimum atomic E-state index is -0.959. The quantitative estimate of drug-likeness (QED) is 0.211. The minimum absolute atomic E-state index is 0.0180. The van der Waals surface area contributed by atoms with E-state index in [-0.39, 0.29) is 73.9 Å². The van der Waals surface area contributed by atoms with Crippen molar-refractivity contribution in [2.45, 2.75) is 43.5 Å². The predicted molar refractivity (Wildman–Crippen MR) is 163 cm³/mol. The number of nitrogen functional groups attached to an aromatic ring is 1. The lowest BCUT2D eigenvalue weighted by molar-refractivity contribution is -0.125. The maximum atomic E-state index is 16.5. The summed E-state index contributed by atoms with van der Waals surface area (Å²) in [5, 5.41) is 0.446. The fourth-order valence-corrected chi connectivity index (χ4v) is 7.73. The van der Waals surface area contributed by atoms with E-state index in [0.717, 1.165) is 30.7 Å². The van der Waals surface area contributed by atoms with Crippen molar-refractivity contribution in [1.82, 2.24) is 24.8 Å². The van der Waals surface area contributed by atoms with Crippen molar-refractivity contribution in [1.29, 1.82) is 0 Å². The monoisotopic (exact) mass is 635 g/mol. The molecule has 3 fully saturated rings. The number of benzene rings is 1. The van der Waals surface area contributed by atoms with Gasteiger partial charge in [-0.05, 0) is 31.5 Å². The Kier molecular flexibility index (Phi) is 7.25. The number of fused-ring (bicyclic) bond motifs is 3. The Bertz CT molecular complexity index is 1910. The number of anilines is 1. The fourth-order valence-electron chi connectivity index (χ4n) is 6.79. The maximum absolute atomic E-state index is 16.5. The van der Waals surface area contributed by atoms with Crippen LogP contribution in [0.4, 0.5) is 23.9 Å². The van der Waals surface area contributed by atoms with Gasteiger partial charge in [-0.15, -0.1) is 11.3 Å². The largest absolute Gasteiger partial charge is 0.472 e. The standard InChI is InChI=1S/C31H28F3N7O3S/c1-3-21(42)40-10-7-17(14-40)44-29-19-12-37-24(18-5-6-20(33)27-22(18)26(36-2)28(35)45-27)23(34)25(19)38-30(39-29)43-15-31-8-4-9-41(31)13-16(32)11-31/h3,5-6,12,16-17H,1,4,7-11,13-15,35H2. The molecule has 3 atom stereocenters. The number of ether oxygens (including phenoxy) is 2. The molecular weight excluding hydrogens is 607 g/mol. The summed E-state index contributed by atoms with van der Waals surface area (Å²) < 4.78 is 58.1. The Morgan fingerprint density at radius 1 is 1.29 bits per heavy atom. The number of nitrogens with zero attached hydrogens (tertiary/aromatic N) is 6. The van der Waals surface area contributed by atoms with Crippen LogP contribution in [-0.4, -0.2) is 81.3 Å². The van der Waals surface area contributed by atoms with Crippen molar-refractivity contribution in [3.05, 3.63) is 54.0 Å². The maximum Gasteiger partial charge on any atom is 0.320 e. The first kappa shape index (κ1) is 29.2. The van der Waals surface area contributed by atoms with E-state index in [2.05, 4.69) is 31.3 Å². The van der Waals surface area contributed by atoms with Crippen LogP contribution in [0, 0.1) is 18.2 Å². The van der Waals surface area contributed by atoms with Gasteiger partial charge in [-0.3, -0.25) is 14.7 Å². The molecule has 0 radical (unpaired) electrons. The zero-order chi connectivity index (χ0) is 31.5. The van der Waals surface area contributed by atoms with Gasteiger partial charge < -0.3 is 20.1 Å². The van der Waals surface area contributed by atoms with E-state index in [1.54, 1.807) is 4.90 Å². The van der Waals surface area contributed by atoms with Gasteiger partial charge in [-0.25, -0.2) is 18.0 Å². The molecule has 3 aliphatic rings. The molecule has 232 valence electrons. The summed E-state index contributed by atoms with van der Waals surface area (Å²) in [7, 11) is 0. The van der Waals surface area contributed by atoms with Crippen molar-refractivity contribution in [2.75, 3.05) is 38.5 Å². The molecule has 6 heterocycles. The third-order valence-corrected chi connectivity index (χ3v) is 9.94. The van der Waals surface area contributed by atoms with Crippen LogP contribution >= 0.6 is 11.3 Å². The third-order valence-electron chi connectivity index (χ3n) is 8.93. The predicted octanol–water partition coefficient (Wildman–Crippen LogP) is 5.44. The van der Waals surface area contributed by atoms with Gasteiger partial charge in [-0.2, -0.15) is 9.97 Å². The summed E-state index contributed by atoms with van der Waals surface area (Å²) in [6.45, 7) is 13.1. The van der Waals surface area contributed by atoms with Gasteiger partial charge in [0.25, 0.3) is 0 Å². The molecule has 4 aromatic rings. The lowest BCUT2D eigenvalue weighted by Crippen LogP contribution is -2.43. The normalized spacial score (nSPS) is 23.0. The Hall–Kier alpha value is -4.48. The SMILES string of the molecule is [C-]#[N+]c1c(N)sc2c(F)ccc(-c3ncc4c(OC5CCN(C(=O)C=C)C5)nc(OCC56CCCN5CC(F)C6)nc4c3F)c12. The summed E-state index contributed by atoms with van der Waals surface area (Å²) in [6, 6.07) is 2.38. The van der Waals surface area contributed by atoms with Gasteiger partial charge in [0, 0.05) is 43.1 Å². The van der Waals surface area contributed by atoms with Gasteiger partial charge in [-0.1, -0.05) is 12.6 Å². The van der Waals surface area contributed by atoms with Crippen LogP contribution in [-0.2, 0) is 4.79 Å². The van der Waals surface area contributed by atoms with E-state index in [0.29, 0.717) is 25.9 Å². The number of alkyl halides is 1. The number of aromatic nitrogens is 3. The smallest absolute Gasteiger partial charge is 0.320 e. The number of hydrogen-bond donors (Lipinski definition) is 1. The van der Waals surface area contributed by atoms with Crippen molar-refractivity contribution in [2.24, 2.45) is 0 Å². The van der Waals surface area contributed by atoms with Gasteiger partial charge in [0.15, 0.2) is 5.82 Å². The van der Waals surface area contributed by atoms with Crippen LogP contribution in [0.5, 0.6) is 11.9 Å². The highest BCUT2D eigenvalue weighted by molar-refractivity contribution is 7.23. The Morgan fingerprint density at radius 3 is 2.93 bits per heavy atom. The first-order valence-corrected chi connectivity index (χ1v) is 15.4. The molecule has 7 rings (SSSR count). The Labute approximate surface area is 260 Å². The number of thiophene rings is 1. The molecule has 3 saturated heterocycles. The zero-order valence-electron chi connectivity index (χ0n) is 24.1. The van der Waals surface area contributed by atoms with Crippen LogP contribution in [0.3, 0.4) is 0 Å². The highest BCUT2D eigenvalue weighted by Crippen LogP contribution is 2.47. The first-order valence-electron chi connectivity index (χ1n) is 14.6. The third kappa shape index (κ3) is 4.90. The molecule has 3 aliphatic heterocycles. The molecule has 3 unspecified atom stereocenters. The zero-order valence-corrected chi connectivity index (χ0v) is 24.9. The van der Waals surface area contributed by atoms with E-state index in [1.165, 1.54) is 24.4 Å². The van der Waals surface area contributed by atoms with Crippen molar-refractivity contribution >= 4 is 48.9 Å². The van der Waals surface area contributed by atoms with E-state index in [1.807, 2.05) is 0 Å². The number of carbonyl (C=O) groups is 1. The molecule has 2 N–H and O–H groups in total. The van der Waals surface area contributed by atoms with Crippen LogP contribution in [0.15, 0.2) is 31.0 Å². The molecular formula is C31H28F3N7O3S. The lowest BCUT2D eigenvalue weighted by Gasteiger charge is -2.30. The number of halogens is 3. The Morgan fingerprint density at radius 2 is 2.13 bits per heavy atom. The number of rotatable bonds is 7. The number of likely N-dealkylation sites (tertiary alicyclic amines) is 1. The summed E-state index contributed by atoms with van der Waals surface area (Å²) >= 11 is 0.909. The van der Waals surface area contributed by atoms with Gasteiger partial charge >= 0.3 is 6.01 Å². The van der Waals surface area contributed by atoms with Crippen molar-refractivity contribution in [3.63, 3.8) is 0 Å². The van der Waals surface area contributed by atoms with Gasteiger partial charge in [0.2, 0.25) is 17.5 Å². The van der Waals surface area contributed by atoms with Gasteiger partial charge in [0.05, 0.1) is 33.7 Å². The second kappa shape index (κ2) is 11.1. The minimum Gasteiger partial charge on any atom is -0.472 e. The van der Waals surface area contributed by atoms with Crippen molar-refractivity contribution in [3.8, 4) is 23.1 Å². The molecule has 45 heavy (non-hydrogen) atoms. The molecule has 0 bridgehead atoms. The molecule has 3 aromatic heterocycles. The summed E-state index contributed by atoms with van der Waals surface area (Å²) in [4.78, 5) is 32.6. The second-order valence-electron chi connectivity index (χ2n) is 11.6. The highest BCUT2D eigenvalue weighted by atomic mass is 32.1. The van der Waals surface area contributed by atoms with Crippen LogP contribution in [0.25, 0.3) is 37.1 Å². The number of hydrogen-bond acceptors (Lipinski definition) is 9. The molecule has 1 amide bonds. The van der Waals surface area contributed by atoms with E-state index < -0.39 is 29.4 Å². The summed E-state index contributed by atoms with van der Waals surface area (Å²) in [5.74, 6) is -1.64. The van der Waals surface area contributed by atoms with Crippen LogP contribution in [0.1, 0.15) is 25.7 Å². The van der Waals surface area contributed by atoms with Crippen LogP contribution < -0.4 is 15.2 Å². The summed E-state index contributed by atoms with van der Waals surface area (Å²) in [6.07, 6.45) is 3.71. The highest BCUT2D eigenvalue weighted by Gasteiger charge is 2.49. The molecule has 1 aromatic carbocycles. The van der Waals surface area contributed by atoms with Crippen molar-refractivity contribution < 1.29 is 27.4 Å². The molecule has 0 aliphatic carbocycles. The number of amides is 1. The second-order valence-corrected chi connectivity index (χ2v) is 12.7. The van der Waals surface area contributed by atoms with Gasteiger partial charge in [0.1, 0.15) is 35.9 Å². The average Bonchev–Trinajstić information content (AvgIpc) is 3.79. The molecule has 0 spiro atoms. The Balaban J connectivity index is 1.32. The van der Waals surface area contributed by atoms with E-state index >= 15 is 4.39 Å². The first-order chi connectivity index (χ1) is 21.7. The number of pyridine rings is 1. The molecule has 10 nitrogen and oxygen atoms in total. The number of nitrogens with two attached hydrogens (primary N) is 1. The lowest BCUT2D eigenvalue weighted by atomic mass is 9.95. The average molecular weight is 636 g/mol. The molecule has 14 heteroatoms. The van der Waals surface area contributed by atoms with E-state index in [9.17, 15) is 13.6 Å². The van der Waals surface area contributed by atoms with E-state index in [4.69, 9.17) is 21.8 Å².